The van der Waals surface area contributed by atoms with Crippen LogP contribution in [-0.4, -0.2) is 38.0 Å². The van der Waals surface area contributed by atoms with E-state index in [1.807, 2.05) is 44.4 Å². The van der Waals surface area contributed by atoms with Crippen molar-refractivity contribution in [1.29, 1.82) is 0 Å². The van der Waals surface area contributed by atoms with Gasteiger partial charge in [-0.15, -0.1) is 0 Å². The first-order chi connectivity index (χ1) is 15.6. The number of carbonyl (C=O) groups is 1. The van der Waals surface area contributed by atoms with Gasteiger partial charge in [0.25, 0.3) is 0 Å². The second-order valence-electron chi connectivity index (χ2n) is 8.27. The van der Waals surface area contributed by atoms with E-state index in [-0.39, 0.29) is 18.3 Å². The van der Waals surface area contributed by atoms with Gasteiger partial charge in [0.1, 0.15) is 11.6 Å². The number of carbonyl (C=O) groups excluding carboxylic acids is 1. The Hall–Kier alpha value is -3.58. The topological polar surface area (TPSA) is 81.9 Å². The summed E-state index contributed by atoms with van der Waals surface area (Å²) in [6, 6.07) is 11.3. The predicted molar refractivity (Wildman–Crippen MR) is 123 cm³/mol. The fourth-order valence-corrected chi connectivity index (χ4v) is 4.00. The zero-order valence-corrected chi connectivity index (χ0v) is 18.2. The van der Waals surface area contributed by atoms with Gasteiger partial charge in [0.2, 0.25) is 0 Å². The van der Waals surface area contributed by atoms with Crippen LogP contribution in [0.1, 0.15) is 35.7 Å². The monoisotopic (exact) mass is 427 g/mol. The molecule has 1 aromatic carbocycles. The van der Waals surface area contributed by atoms with Crippen molar-refractivity contribution in [3.63, 3.8) is 0 Å². The number of aromatic nitrogens is 4. The lowest BCUT2D eigenvalue weighted by Crippen LogP contribution is -2.28. The first-order valence-electron chi connectivity index (χ1n) is 10.9. The van der Waals surface area contributed by atoms with Crippen molar-refractivity contribution in [3.8, 4) is 17.0 Å². The van der Waals surface area contributed by atoms with Crippen LogP contribution in [0.25, 0.3) is 22.2 Å². The Morgan fingerprint density at radius 3 is 2.75 bits per heavy atom. The molecule has 4 aromatic rings. The number of nitrogens with zero attached hydrogens (tertiary/aromatic N) is 4. The molecule has 0 unspecified atom stereocenters. The van der Waals surface area contributed by atoms with Crippen LogP contribution in [0.3, 0.4) is 0 Å². The molecule has 0 atom stereocenters. The molecule has 0 saturated heterocycles. The molecule has 7 heteroatoms. The van der Waals surface area contributed by atoms with Crippen LogP contribution in [0.4, 0.5) is 0 Å². The Bertz CT molecular complexity index is 1280. The van der Waals surface area contributed by atoms with Crippen LogP contribution in [0.5, 0.6) is 5.75 Å². The molecule has 1 N–H and O–H groups in total. The molecule has 1 aliphatic rings. The first kappa shape index (κ1) is 20.3. The third-order valence-electron chi connectivity index (χ3n) is 5.54. The predicted octanol–water partition coefficient (Wildman–Crippen LogP) is 3.81. The van der Waals surface area contributed by atoms with E-state index in [1.165, 1.54) is 0 Å². The van der Waals surface area contributed by atoms with Gasteiger partial charge in [-0.2, -0.15) is 0 Å². The lowest BCUT2D eigenvalue weighted by atomic mass is 10.0. The molecular weight excluding hydrogens is 402 g/mol. The van der Waals surface area contributed by atoms with E-state index in [0.717, 1.165) is 59.1 Å². The van der Waals surface area contributed by atoms with Crippen molar-refractivity contribution in [2.75, 3.05) is 6.54 Å². The van der Waals surface area contributed by atoms with Gasteiger partial charge >= 0.3 is 0 Å². The van der Waals surface area contributed by atoms with Crippen molar-refractivity contribution in [2.24, 2.45) is 0 Å². The number of Topliss-reactive ketones (excluding diaryl/α,β-unsaturated/α-hetero) is 1. The number of ketones is 1. The van der Waals surface area contributed by atoms with E-state index < -0.39 is 0 Å². The van der Waals surface area contributed by atoms with Crippen LogP contribution < -0.4 is 10.1 Å². The second-order valence-corrected chi connectivity index (χ2v) is 8.27. The Morgan fingerprint density at radius 2 is 1.94 bits per heavy atom. The molecule has 0 bridgehead atoms. The van der Waals surface area contributed by atoms with Gasteiger partial charge in [-0.25, -0.2) is 4.98 Å². The number of ether oxygens (including phenoxy) is 1. The smallest absolute Gasteiger partial charge is 0.168 e. The van der Waals surface area contributed by atoms with E-state index in [2.05, 4.69) is 30.9 Å². The van der Waals surface area contributed by atoms with Crippen molar-refractivity contribution in [1.82, 2.24) is 24.8 Å². The van der Waals surface area contributed by atoms with E-state index in [4.69, 9.17) is 4.74 Å². The van der Waals surface area contributed by atoms with E-state index >= 15 is 0 Å². The SMILES string of the molecule is CC(C)Oc1ccc(C(=O)Cc2cc3cc(-c4cnc5n4CCNC5)cnc3cn2)cc1. The van der Waals surface area contributed by atoms with E-state index in [1.54, 1.807) is 18.3 Å². The summed E-state index contributed by atoms with van der Waals surface area (Å²) in [5.74, 6) is 1.82. The average Bonchev–Trinajstić information content (AvgIpc) is 3.23. The van der Waals surface area contributed by atoms with Gasteiger partial charge in [-0.05, 0) is 50.2 Å². The number of nitrogens with one attached hydrogen (secondary N) is 1. The van der Waals surface area contributed by atoms with Gasteiger partial charge in [0.15, 0.2) is 5.78 Å². The maximum Gasteiger partial charge on any atom is 0.168 e. The third-order valence-corrected chi connectivity index (χ3v) is 5.54. The molecule has 5 rings (SSSR count). The fourth-order valence-electron chi connectivity index (χ4n) is 4.00. The highest BCUT2D eigenvalue weighted by Crippen LogP contribution is 2.25. The minimum Gasteiger partial charge on any atom is -0.491 e. The first-order valence-corrected chi connectivity index (χ1v) is 10.9. The Kier molecular flexibility index (Phi) is 5.41. The van der Waals surface area contributed by atoms with Crippen LogP contribution in [0.15, 0.2) is 55.0 Å². The fraction of sp³-hybridized carbons (Fsp3) is 0.280. The van der Waals surface area contributed by atoms with Crippen LogP contribution >= 0.6 is 0 Å². The third kappa shape index (κ3) is 4.11. The molecule has 0 radical (unpaired) electrons. The summed E-state index contributed by atoms with van der Waals surface area (Å²) < 4.78 is 7.89. The molecule has 0 saturated carbocycles. The van der Waals surface area contributed by atoms with Gasteiger partial charge in [-0.1, -0.05) is 0 Å². The molecule has 7 nitrogen and oxygen atoms in total. The number of fused-ring (bicyclic) bond motifs is 2. The van der Waals surface area contributed by atoms with Crippen LogP contribution in [0.2, 0.25) is 0 Å². The normalized spacial score (nSPS) is 13.3. The molecule has 32 heavy (non-hydrogen) atoms. The Labute approximate surface area is 186 Å². The molecule has 0 fully saturated rings. The molecule has 0 amide bonds. The number of rotatable bonds is 6. The molecule has 3 aromatic heterocycles. The van der Waals surface area contributed by atoms with Crippen LogP contribution in [0, 0.1) is 0 Å². The molecular formula is C25H25N5O2. The molecule has 0 aliphatic carbocycles. The lowest BCUT2D eigenvalue weighted by molar-refractivity contribution is 0.0992. The van der Waals surface area contributed by atoms with Gasteiger partial charge < -0.3 is 14.6 Å². The van der Waals surface area contributed by atoms with Crippen molar-refractivity contribution in [2.45, 2.75) is 39.5 Å². The highest BCUT2D eigenvalue weighted by molar-refractivity contribution is 5.97. The summed E-state index contributed by atoms with van der Waals surface area (Å²) in [5.41, 5.74) is 4.26. The molecule has 1 aliphatic heterocycles. The number of benzene rings is 1. The summed E-state index contributed by atoms with van der Waals surface area (Å²) >= 11 is 0. The number of pyridine rings is 2. The maximum atomic E-state index is 12.8. The number of hydrogen-bond acceptors (Lipinski definition) is 6. The van der Waals surface area contributed by atoms with Gasteiger partial charge in [-0.3, -0.25) is 14.8 Å². The molecule has 0 spiro atoms. The zero-order chi connectivity index (χ0) is 22.1. The average molecular weight is 428 g/mol. The quantitative estimate of drug-likeness (QED) is 0.471. The number of hydrogen-bond donors (Lipinski definition) is 1. The Morgan fingerprint density at radius 1 is 1.09 bits per heavy atom. The summed E-state index contributed by atoms with van der Waals surface area (Å²) in [5, 5.41) is 4.30. The van der Waals surface area contributed by atoms with Crippen molar-refractivity contribution >= 4 is 16.7 Å². The highest BCUT2D eigenvalue weighted by Gasteiger charge is 2.16. The van der Waals surface area contributed by atoms with Crippen molar-refractivity contribution in [3.05, 3.63) is 72.1 Å². The van der Waals surface area contributed by atoms with Gasteiger partial charge in [0, 0.05) is 41.5 Å². The maximum absolute atomic E-state index is 12.8. The van der Waals surface area contributed by atoms with E-state index in [9.17, 15) is 4.79 Å². The zero-order valence-electron chi connectivity index (χ0n) is 18.2. The second kappa shape index (κ2) is 8.51. The summed E-state index contributed by atoms with van der Waals surface area (Å²) in [7, 11) is 0. The van der Waals surface area contributed by atoms with E-state index in [0.29, 0.717) is 5.56 Å². The summed E-state index contributed by atoms with van der Waals surface area (Å²) in [4.78, 5) is 26.4. The standard InChI is InChI=1S/C25H25N5O2/c1-16(2)32-21-5-3-17(4-6-21)24(31)11-20-10-18-9-19(12-28-22(18)13-27-20)23-14-29-25-15-26-7-8-30(23)25/h3-6,9-10,12-14,16,26H,7-8,11,15H2,1-2H3. The largest absolute Gasteiger partial charge is 0.491 e. The Balaban J connectivity index is 1.38. The highest BCUT2D eigenvalue weighted by atomic mass is 16.5. The van der Waals surface area contributed by atoms with Gasteiger partial charge in [0.05, 0.1) is 42.7 Å². The molecule has 162 valence electrons. The summed E-state index contributed by atoms with van der Waals surface area (Å²) in [6.45, 7) is 6.55. The minimum absolute atomic E-state index is 0.0226. The molecule has 4 heterocycles. The number of imidazole rings is 1. The van der Waals surface area contributed by atoms with Crippen molar-refractivity contribution < 1.29 is 9.53 Å². The lowest BCUT2D eigenvalue weighted by Gasteiger charge is -2.17. The minimum atomic E-state index is 0.0226. The van der Waals surface area contributed by atoms with Crippen LogP contribution in [-0.2, 0) is 19.5 Å². The summed E-state index contributed by atoms with van der Waals surface area (Å²) in [6.07, 6.45) is 5.84.